The first-order valence-electron chi connectivity index (χ1n) is 9.62. The van der Waals surface area contributed by atoms with Gasteiger partial charge in [-0.15, -0.1) is 0 Å². The van der Waals surface area contributed by atoms with Crippen LogP contribution in [0.15, 0.2) is 4.99 Å². The van der Waals surface area contributed by atoms with Crippen LogP contribution in [0.3, 0.4) is 0 Å². The zero-order valence-electron chi connectivity index (χ0n) is 14.8. The van der Waals surface area contributed by atoms with Crippen molar-refractivity contribution < 1.29 is 5.11 Å². The molecule has 23 heavy (non-hydrogen) atoms. The number of guanidine groups is 1. The van der Waals surface area contributed by atoms with Crippen molar-refractivity contribution in [3.8, 4) is 0 Å². The van der Waals surface area contributed by atoms with Gasteiger partial charge in [-0.2, -0.15) is 0 Å². The van der Waals surface area contributed by atoms with Gasteiger partial charge >= 0.3 is 0 Å². The molecule has 0 aromatic rings. The van der Waals surface area contributed by atoms with Gasteiger partial charge in [0.25, 0.3) is 0 Å². The average Bonchev–Trinajstić information content (AvgIpc) is 3.07. The molecule has 0 bridgehead atoms. The summed E-state index contributed by atoms with van der Waals surface area (Å²) in [5.74, 6) is 0.975. The highest BCUT2D eigenvalue weighted by molar-refractivity contribution is 5.80. The van der Waals surface area contributed by atoms with E-state index in [4.69, 9.17) is 0 Å². The lowest BCUT2D eigenvalue weighted by atomic mass is 9.85. The van der Waals surface area contributed by atoms with E-state index in [1.807, 2.05) is 7.05 Å². The number of rotatable bonds is 3. The maximum Gasteiger partial charge on any atom is 0.193 e. The number of aliphatic imine (C=N–C) groups is 1. The van der Waals surface area contributed by atoms with Crippen molar-refractivity contribution in [2.45, 2.75) is 69.4 Å². The molecular weight excluding hydrogens is 288 g/mol. The molecule has 132 valence electrons. The standard InChI is InChI=1S/C18H34N4O/c1-19-17(20-15-18(23)9-4-2-5-10-18)22-13-8-16(14-22)21-11-6-3-7-12-21/h16,23H,2-15H2,1H3,(H,19,20). The second kappa shape index (κ2) is 7.84. The summed E-state index contributed by atoms with van der Waals surface area (Å²) >= 11 is 0. The molecule has 3 rings (SSSR count). The van der Waals surface area contributed by atoms with Gasteiger partial charge in [-0.1, -0.05) is 25.7 Å². The first-order chi connectivity index (χ1) is 11.2. The minimum Gasteiger partial charge on any atom is -0.388 e. The van der Waals surface area contributed by atoms with Crippen LogP contribution in [0, 0.1) is 0 Å². The van der Waals surface area contributed by atoms with Gasteiger partial charge in [0, 0.05) is 32.7 Å². The SMILES string of the molecule is CN=C(NCC1(O)CCCCC1)N1CCC(N2CCCCC2)C1. The molecule has 1 unspecified atom stereocenters. The summed E-state index contributed by atoms with van der Waals surface area (Å²) < 4.78 is 0. The van der Waals surface area contributed by atoms with Crippen LogP contribution in [-0.4, -0.2) is 72.3 Å². The third kappa shape index (κ3) is 4.38. The average molecular weight is 322 g/mol. The maximum atomic E-state index is 10.7. The molecule has 5 heteroatoms. The van der Waals surface area contributed by atoms with E-state index in [1.165, 1.54) is 45.2 Å². The first kappa shape index (κ1) is 17.0. The lowest BCUT2D eigenvalue weighted by molar-refractivity contribution is 0.00818. The summed E-state index contributed by atoms with van der Waals surface area (Å²) in [5, 5.41) is 14.1. The van der Waals surface area contributed by atoms with Crippen LogP contribution >= 0.6 is 0 Å². The Hall–Kier alpha value is -0.810. The Labute approximate surface area is 141 Å². The van der Waals surface area contributed by atoms with Crippen LogP contribution in [0.5, 0.6) is 0 Å². The van der Waals surface area contributed by atoms with Crippen LogP contribution in [0.4, 0.5) is 0 Å². The van der Waals surface area contributed by atoms with Crippen molar-refractivity contribution in [3.63, 3.8) is 0 Å². The molecule has 5 nitrogen and oxygen atoms in total. The highest BCUT2D eigenvalue weighted by Gasteiger charge is 2.32. The molecule has 0 spiro atoms. The number of likely N-dealkylation sites (tertiary alicyclic amines) is 2. The summed E-state index contributed by atoms with van der Waals surface area (Å²) in [4.78, 5) is 9.52. The van der Waals surface area contributed by atoms with Crippen LogP contribution in [0.1, 0.15) is 57.8 Å². The molecule has 0 aromatic carbocycles. The smallest absolute Gasteiger partial charge is 0.193 e. The predicted octanol–water partition coefficient (Wildman–Crippen LogP) is 1.82. The summed E-state index contributed by atoms with van der Waals surface area (Å²) in [6.07, 6.45) is 10.8. The van der Waals surface area contributed by atoms with Gasteiger partial charge in [0.05, 0.1) is 5.60 Å². The molecule has 0 aromatic heterocycles. The second-order valence-corrected chi connectivity index (χ2v) is 7.67. The molecular formula is C18H34N4O. The Bertz CT molecular complexity index is 400. The number of aliphatic hydroxyl groups is 1. The van der Waals surface area contributed by atoms with E-state index in [1.54, 1.807) is 0 Å². The fraction of sp³-hybridized carbons (Fsp3) is 0.944. The summed E-state index contributed by atoms with van der Waals surface area (Å²) in [5.41, 5.74) is -0.528. The second-order valence-electron chi connectivity index (χ2n) is 7.67. The monoisotopic (exact) mass is 322 g/mol. The highest BCUT2D eigenvalue weighted by atomic mass is 16.3. The Morgan fingerprint density at radius 1 is 1.09 bits per heavy atom. The minimum absolute atomic E-state index is 0.528. The quantitative estimate of drug-likeness (QED) is 0.615. The van der Waals surface area contributed by atoms with Crippen LogP contribution in [0.25, 0.3) is 0 Å². The van der Waals surface area contributed by atoms with Gasteiger partial charge < -0.3 is 15.3 Å². The molecule has 2 heterocycles. The normalized spacial score (nSPS) is 29.7. The molecule has 3 fully saturated rings. The molecule has 0 radical (unpaired) electrons. The number of hydrogen-bond donors (Lipinski definition) is 2. The zero-order valence-corrected chi connectivity index (χ0v) is 14.8. The van der Waals surface area contributed by atoms with Gasteiger partial charge in [-0.3, -0.25) is 9.89 Å². The lowest BCUT2D eigenvalue weighted by Gasteiger charge is -2.34. The fourth-order valence-corrected chi connectivity index (χ4v) is 4.48. The van der Waals surface area contributed by atoms with Crippen molar-refractivity contribution in [1.82, 2.24) is 15.1 Å². The van der Waals surface area contributed by atoms with Crippen molar-refractivity contribution in [1.29, 1.82) is 0 Å². The van der Waals surface area contributed by atoms with E-state index in [2.05, 4.69) is 20.1 Å². The van der Waals surface area contributed by atoms with E-state index in [0.29, 0.717) is 12.6 Å². The number of nitrogens with one attached hydrogen (secondary N) is 1. The topological polar surface area (TPSA) is 51.1 Å². The van der Waals surface area contributed by atoms with E-state index in [-0.39, 0.29) is 0 Å². The fourth-order valence-electron chi connectivity index (χ4n) is 4.48. The van der Waals surface area contributed by atoms with Crippen molar-refractivity contribution >= 4 is 5.96 Å². The lowest BCUT2D eigenvalue weighted by Crippen LogP contribution is -2.49. The third-order valence-corrected chi connectivity index (χ3v) is 5.94. The molecule has 2 saturated heterocycles. The molecule has 0 amide bonds. The number of nitrogens with zero attached hydrogens (tertiary/aromatic N) is 3. The Morgan fingerprint density at radius 3 is 2.48 bits per heavy atom. The van der Waals surface area contributed by atoms with Gasteiger partial charge in [-0.25, -0.2) is 0 Å². The predicted molar refractivity (Wildman–Crippen MR) is 94.8 cm³/mol. The molecule has 2 N–H and O–H groups in total. The molecule has 1 aliphatic carbocycles. The van der Waals surface area contributed by atoms with Gasteiger partial charge in [0.1, 0.15) is 0 Å². The highest BCUT2D eigenvalue weighted by Crippen LogP contribution is 2.27. The number of piperidine rings is 1. The van der Waals surface area contributed by atoms with Crippen molar-refractivity contribution in [2.24, 2.45) is 4.99 Å². The van der Waals surface area contributed by atoms with Gasteiger partial charge in [-0.05, 0) is 45.2 Å². The Kier molecular flexibility index (Phi) is 5.81. The van der Waals surface area contributed by atoms with Gasteiger partial charge in [0.2, 0.25) is 0 Å². The van der Waals surface area contributed by atoms with E-state index >= 15 is 0 Å². The summed E-state index contributed by atoms with van der Waals surface area (Å²) in [7, 11) is 1.86. The van der Waals surface area contributed by atoms with Gasteiger partial charge in [0.15, 0.2) is 5.96 Å². The Balaban J connectivity index is 1.49. The Morgan fingerprint density at radius 2 is 1.78 bits per heavy atom. The summed E-state index contributed by atoms with van der Waals surface area (Å²) in [6.45, 7) is 5.34. The molecule has 3 aliphatic rings. The number of hydrogen-bond acceptors (Lipinski definition) is 3. The van der Waals surface area contributed by atoms with Crippen molar-refractivity contribution in [3.05, 3.63) is 0 Å². The summed E-state index contributed by atoms with van der Waals surface area (Å²) in [6, 6.07) is 0.687. The molecule has 1 saturated carbocycles. The van der Waals surface area contributed by atoms with Crippen molar-refractivity contribution in [2.75, 3.05) is 39.8 Å². The van der Waals surface area contributed by atoms with Crippen LogP contribution in [-0.2, 0) is 0 Å². The van der Waals surface area contributed by atoms with E-state index < -0.39 is 5.60 Å². The zero-order chi connectivity index (χ0) is 16.1. The molecule has 2 aliphatic heterocycles. The van der Waals surface area contributed by atoms with Crippen LogP contribution < -0.4 is 5.32 Å². The van der Waals surface area contributed by atoms with Crippen LogP contribution in [0.2, 0.25) is 0 Å². The van der Waals surface area contributed by atoms with E-state index in [9.17, 15) is 5.11 Å². The first-order valence-corrected chi connectivity index (χ1v) is 9.62. The third-order valence-electron chi connectivity index (χ3n) is 5.94. The maximum absolute atomic E-state index is 10.7. The molecule has 1 atom stereocenters. The minimum atomic E-state index is -0.528. The largest absolute Gasteiger partial charge is 0.388 e. The van der Waals surface area contributed by atoms with E-state index in [0.717, 1.165) is 44.7 Å².